The number of oxazole rings is 1. The van der Waals surface area contributed by atoms with Gasteiger partial charge in [0.2, 0.25) is 5.89 Å². The molecule has 0 bridgehead atoms. The zero-order valence-electron chi connectivity index (χ0n) is 20.7. The molecule has 1 aromatic carbocycles. The van der Waals surface area contributed by atoms with E-state index in [2.05, 4.69) is 25.1 Å². The Morgan fingerprint density at radius 1 is 1.24 bits per heavy atom. The molecule has 2 aromatic rings. The predicted octanol–water partition coefficient (Wildman–Crippen LogP) is 3.85. The van der Waals surface area contributed by atoms with Crippen LogP contribution >= 0.6 is 24.0 Å². The third-order valence-corrected chi connectivity index (χ3v) is 6.16. The molecule has 0 radical (unpaired) electrons. The predicted molar refractivity (Wildman–Crippen MR) is 142 cm³/mol. The quantitative estimate of drug-likeness (QED) is 0.293. The molecule has 1 saturated heterocycles. The van der Waals surface area contributed by atoms with Gasteiger partial charge in [0, 0.05) is 38.8 Å². The van der Waals surface area contributed by atoms with Gasteiger partial charge >= 0.3 is 0 Å². The number of halogens is 1. The van der Waals surface area contributed by atoms with Crippen LogP contribution in [0, 0.1) is 19.8 Å². The second-order valence-electron chi connectivity index (χ2n) is 8.43. The van der Waals surface area contributed by atoms with Crippen molar-refractivity contribution >= 4 is 29.9 Å². The summed E-state index contributed by atoms with van der Waals surface area (Å²) in [7, 11) is 7.21. The van der Waals surface area contributed by atoms with E-state index in [0.29, 0.717) is 12.5 Å². The van der Waals surface area contributed by atoms with Crippen LogP contribution in [0.3, 0.4) is 0 Å². The fourth-order valence-corrected chi connectivity index (χ4v) is 4.08. The van der Waals surface area contributed by atoms with Crippen LogP contribution < -0.4 is 14.8 Å². The van der Waals surface area contributed by atoms with Crippen LogP contribution in [0.1, 0.15) is 35.7 Å². The minimum Gasteiger partial charge on any atom is -0.497 e. The Hall–Kier alpha value is -2.01. The van der Waals surface area contributed by atoms with Crippen LogP contribution in [0.5, 0.6) is 11.5 Å². The van der Waals surface area contributed by atoms with E-state index in [1.807, 2.05) is 46.1 Å². The molecule has 0 amide bonds. The van der Waals surface area contributed by atoms with Crippen LogP contribution in [-0.4, -0.2) is 68.7 Å². The van der Waals surface area contributed by atoms with Crippen LogP contribution in [0.4, 0.5) is 0 Å². The molecule has 1 fully saturated rings. The van der Waals surface area contributed by atoms with Crippen LogP contribution in [0.25, 0.3) is 0 Å². The summed E-state index contributed by atoms with van der Waals surface area (Å²) >= 11 is 0. The lowest BCUT2D eigenvalue weighted by Gasteiger charge is -2.32. The molecule has 2 heterocycles. The van der Waals surface area contributed by atoms with E-state index in [9.17, 15) is 0 Å². The van der Waals surface area contributed by atoms with Gasteiger partial charge in [0.05, 0.1) is 26.5 Å². The molecule has 9 heteroatoms. The molecular weight excluding hydrogens is 533 g/mol. The zero-order valence-corrected chi connectivity index (χ0v) is 23.0. The Kier molecular flexibility index (Phi) is 10.7. The second-order valence-corrected chi connectivity index (χ2v) is 8.43. The van der Waals surface area contributed by atoms with Crippen LogP contribution in [0.15, 0.2) is 27.6 Å². The van der Waals surface area contributed by atoms with Gasteiger partial charge < -0.3 is 24.1 Å². The van der Waals surface area contributed by atoms with E-state index in [1.165, 1.54) is 0 Å². The molecule has 0 saturated carbocycles. The number of aliphatic imine (C=N–C) groups is 1. The van der Waals surface area contributed by atoms with Crippen LogP contribution in [0.2, 0.25) is 0 Å². The average molecular weight is 572 g/mol. The summed E-state index contributed by atoms with van der Waals surface area (Å²) in [6.07, 6.45) is 2.30. The maximum Gasteiger partial charge on any atom is 0.208 e. The van der Waals surface area contributed by atoms with Gasteiger partial charge in [0.15, 0.2) is 5.96 Å². The highest BCUT2D eigenvalue weighted by Gasteiger charge is 2.21. The van der Waals surface area contributed by atoms with E-state index in [0.717, 1.165) is 79.4 Å². The van der Waals surface area contributed by atoms with Gasteiger partial charge in [-0.25, -0.2) is 4.98 Å². The van der Waals surface area contributed by atoms with Crippen molar-refractivity contribution in [1.82, 2.24) is 20.1 Å². The van der Waals surface area contributed by atoms with Crippen molar-refractivity contribution in [2.45, 2.75) is 39.8 Å². The molecular formula is C24H38IN5O3. The normalized spacial score (nSPS) is 15.2. The Morgan fingerprint density at radius 3 is 2.55 bits per heavy atom. The number of nitrogens with zero attached hydrogens (tertiary/aromatic N) is 4. The van der Waals surface area contributed by atoms with Gasteiger partial charge in [-0.1, -0.05) is 0 Å². The maximum atomic E-state index is 5.74. The average Bonchev–Trinajstić information content (AvgIpc) is 3.12. The lowest BCUT2D eigenvalue weighted by molar-refractivity contribution is 0.163. The van der Waals surface area contributed by atoms with Crippen molar-refractivity contribution in [1.29, 1.82) is 0 Å². The van der Waals surface area contributed by atoms with Crippen molar-refractivity contribution in [3.8, 4) is 11.5 Å². The molecule has 1 aliphatic rings. The van der Waals surface area contributed by atoms with E-state index in [4.69, 9.17) is 13.9 Å². The van der Waals surface area contributed by atoms with Crippen molar-refractivity contribution in [3.63, 3.8) is 0 Å². The number of benzene rings is 1. The number of ether oxygens (including phenoxy) is 2. The van der Waals surface area contributed by atoms with Gasteiger partial charge in [-0.15, -0.1) is 24.0 Å². The number of rotatable bonds is 8. The molecule has 1 aliphatic heterocycles. The van der Waals surface area contributed by atoms with E-state index in [1.54, 1.807) is 14.2 Å². The Bertz CT molecular complexity index is 890. The highest BCUT2D eigenvalue weighted by atomic mass is 127. The Morgan fingerprint density at radius 2 is 1.97 bits per heavy atom. The lowest BCUT2D eigenvalue weighted by Crippen LogP contribution is -2.43. The maximum absolute atomic E-state index is 5.74. The van der Waals surface area contributed by atoms with Crippen molar-refractivity contribution in [2.24, 2.45) is 10.9 Å². The Balaban J connectivity index is 0.00000385. The third-order valence-electron chi connectivity index (χ3n) is 6.16. The van der Waals surface area contributed by atoms with Crippen molar-refractivity contribution in [2.75, 3.05) is 47.9 Å². The van der Waals surface area contributed by atoms with E-state index >= 15 is 0 Å². The fraction of sp³-hybridized carbons (Fsp3) is 0.583. The summed E-state index contributed by atoms with van der Waals surface area (Å²) in [4.78, 5) is 13.5. The molecule has 33 heavy (non-hydrogen) atoms. The number of hydrogen-bond acceptors (Lipinski definition) is 6. The highest BCUT2D eigenvalue weighted by Crippen LogP contribution is 2.25. The van der Waals surface area contributed by atoms with Gasteiger partial charge in [0.25, 0.3) is 0 Å². The molecule has 184 valence electrons. The smallest absolute Gasteiger partial charge is 0.208 e. The molecule has 1 aromatic heterocycles. The first-order valence-corrected chi connectivity index (χ1v) is 11.2. The first-order chi connectivity index (χ1) is 15.4. The molecule has 0 aliphatic carbocycles. The number of nitrogens with one attached hydrogen (secondary N) is 1. The largest absolute Gasteiger partial charge is 0.497 e. The summed E-state index contributed by atoms with van der Waals surface area (Å²) < 4.78 is 16.6. The molecule has 8 nitrogen and oxygen atoms in total. The third kappa shape index (κ3) is 7.49. The second kappa shape index (κ2) is 13.0. The van der Waals surface area contributed by atoms with E-state index in [-0.39, 0.29) is 24.0 Å². The van der Waals surface area contributed by atoms with Gasteiger partial charge in [-0.3, -0.25) is 9.89 Å². The number of aromatic nitrogens is 1. The SMILES string of the molecule is CN=C(NCC1CCN(Cc2nc(C)c(C)o2)CC1)N(C)Cc1ccc(OC)cc1OC.I. The molecule has 1 N–H and O–H groups in total. The first-order valence-electron chi connectivity index (χ1n) is 11.2. The Labute approximate surface area is 214 Å². The number of likely N-dealkylation sites (tertiary alicyclic amines) is 1. The number of hydrogen-bond donors (Lipinski definition) is 1. The summed E-state index contributed by atoms with van der Waals surface area (Å²) in [6.45, 7) is 8.49. The van der Waals surface area contributed by atoms with Crippen LogP contribution in [-0.2, 0) is 13.1 Å². The first kappa shape index (κ1) is 27.2. The van der Waals surface area contributed by atoms with Gasteiger partial charge in [0.1, 0.15) is 17.3 Å². The fourth-order valence-electron chi connectivity index (χ4n) is 4.08. The summed E-state index contributed by atoms with van der Waals surface area (Å²) in [5.41, 5.74) is 2.07. The molecule has 0 unspecified atom stereocenters. The monoisotopic (exact) mass is 571 g/mol. The number of methoxy groups -OCH3 is 2. The van der Waals surface area contributed by atoms with E-state index < -0.39 is 0 Å². The minimum absolute atomic E-state index is 0. The lowest BCUT2D eigenvalue weighted by atomic mass is 9.97. The summed E-state index contributed by atoms with van der Waals surface area (Å²) in [5.74, 6) is 4.86. The minimum atomic E-state index is 0. The van der Waals surface area contributed by atoms with Crippen molar-refractivity contribution in [3.05, 3.63) is 41.1 Å². The van der Waals surface area contributed by atoms with Gasteiger partial charge in [-0.2, -0.15) is 0 Å². The zero-order chi connectivity index (χ0) is 23.1. The number of piperidine rings is 1. The number of guanidine groups is 1. The summed E-state index contributed by atoms with van der Waals surface area (Å²) in [6, 6.07) is 5.90. The molecule has 0 spiro atoms. The number of aryl methyl sites for hydroxylation is 2. The molecule has 3 rings (SSSR count). The highest BCUT2D eigenvalue weighted by molar-refractivity contribution is 14.0. The molecule has 0 atom stereocenters. The van der Waals surface area contributed by atoms with Crippen molar-refractivity contribution < 1.29 is 13.9 Å². The summed E-state index contributed by atoms with van der Waals surface area (Å²) in [5, 5.41) is 3.56. The standard InChI is InChI=1S/C24H37N5O3.HI/c1-17-18(2)32-23(27-17)16-29-11-9-19(10-12-29)14-26-24(25-3)28(4)15-20-7-8-21(30-5)13-22(20)31-6;/h7-8,13,19H,9-12,14-16H2,1-6H3,(H,25,26);1H. The topological polar surface area (TPSA) is 75.4 Å². The van der Waals surface area contributed by atoms with Gasteiger partial charge in [-0.05, 0) is 57.8 Å².